The van der Waals surface area contributed by atoms with Gasteiger partial charge in [-0.25, -0.2) is 10.0 Å². The lowest BCUT2D eigenvalue weighted by Crippen LogP contribution is -2.50. The van der Waals surface area contributed by atoms with Crippen molar-refractivity contribution < 1.29 is 14.1 Å². The van der Waals surface area contributed by atoms with Crippen molar-refractivity contribution in [2.24, 2.45) is 10.1 Å². The minimum Gasteiger partial charge on any atom is -0.457 e. The van der Waals surface area contributed by atoms with Gasteiger partial charge in [-0.15, -0.1) is 5.10 Å². The lowest BCUT2D eigenvalue weighted by Gasteiger charge is -2.32. The number of nitrogens with zero attached hydrogens (tertiary/aromatic N) is 4. The fourth-order valence-electron chi connectivity index (χ4n) is 3.83. The predicted molar refractivity (Wildman–Crippen MR) is 137 cm³/mol. The molecule has 2 aliphatic heterocycles. The molecule has 0 radical (unpaired) electrons. The Hall–Kier alpha value is -3.44. The zero-order valence-electron chi connectivity index (χ0n) is 18.6. The van der Waals surface area contributed by atoms with Crippen molar-refractivity contribution in [3.05, 3.63) is 85.5 Å². The lowest BCUT2D eigenvalue weighted by molar-refractivity contribution is -0.384. The van der Waals surface area contributed by atoms with Gasteiger partial charge in [-0.05, 0) is 36.8 Å². The van der Waals surface area contributed by atoms with Crippen molar-refractivity contribution in [2.45, 2.75) is 25.9 Å². The molecule has 1 amide bonds. The number of fused-ring (bicyclic) bond motifs is 2. The Kier molecular flexibility index (Phi) is 6.44. The van der Waals surface area contributed by atoms with E-state index in [-0.39, 0.29) is 11.6 Å². The number of carbonyl (C=O) groups excluding carboxylic acids is 1. The lowest BCUT2D eigenvalue weighted by atomic mass is 10.1. The second-order valence-electron chi connectivity index (χ2n) is 7.93. The highest BCUT2D eigenvalue weighted by Crippen LogP contribution is 2.34. The van der Waals surface area contributed by atoms with Crippen molar-refractivity contribution in [3.63, 3.8) is 0 Å². The van der Waals surface area contributed by atoms with Crippen LogP contribution >= 0.6 is 27.7 Å². The minimum atomic E-state index is -0.709. The maximum absolute atomic E-state index is 13.2. The molecule has 1 atom stereocenters. The zero-order valence-corrected chi connectivity index (χ0v) is 21.0. The summed E-state index contributed by atoms with van der Waals surface area (Å²) in [6.45, 7) is 2.11. The van der Waals surface area contributed by atoms with Gasteiger partial charge in [0, 0.05) is 33.1 Å². The summed E-state index contributed by atoms with van der Waals surface area (Å²) in [5.74, 6) is 1.50. The maximum Gasteiger partial charge on any atom is 0.276 e. The number of thioether (sulfide) groups is 1. The zero-order chi connectivity index (χ0) is 24.5. The van der Waals surface area contributed by atoms with Gasteiger partial charge in [0.2, 0.25) is 6.17 Å². The molecule has 9 nitrogen and oxygen atoms in total. The van der Waals surface area contributed by atoms with Crippen LogP contribution < -0.4 is 15.9 Å². The van der Waals surface area contributed by atoms with Crippen LogP contribution in [-0.2, 0) is 4.79 Å². The highest BCUT2D eigenvalue weighted by molar-refractivity contribution is 9.10. The summed E-state index contributed by atoms with van der Waals surface area (Å²) in [5.41, 5.74) is 0.934. The SMILES string of the molecule is CCCCSC1=NN2C(=c3cc(Br)ccc3=NC2c2ccc(-c3cccc([N+](=O)[O-])c3)o2)C(=O)N1. The summed E-state index contributed by atoms with van der Waals surface area (Å²) in [6, 6.07) is 15.3. The summed E-state index contributed by atoms with van der Waals surface area (Å²) < 4.78 is 6.93. The van der Waals surface area contributed by atoms with Gasteiger partial charge in [-0.2, -0.15) is 0 Å². The van der Waals surface area contributed by atoms with E-state index in [0.717, 1.165) is 23.1 Å². The Morgan fingerprint density at radius 1 is 1.23 bits per heavy atom. The van der Waals surface area contributed by atoms with E-state index in [1.165, 1.54) is 23.9 Å². The van der Waals surface area contributed by atoms with Crippen molar-refractivity contribution in [1.82, 2.24) is 10.3 Å². The first-order chi connectivity index (χ1) is 16.9. The van der Waals surface area contributed by atoms with Crippen LogP contribution in [0.1, 0.15) is 31.7 Å². The van der Waals surface area contributed by atoms with E-state index in [2.05, 4.69) is 28.2 Å². The van der Waals surface area contributed by atoms with E-state index >= 15 is 0 Å². The molecule has 35 heavy (non-hydrogen) atoms. The van der Waals surface area contributed by atoms with E-state index < -0.39 is 11.1 Å². The average molecular weight is 554 g/mol. The Balaban J connectivity index is 1.59. The third-order valence-electron chi connectivity index (χ3n) is 5.53. The number of nitro benzene ring substituents is 1. The van der Waals surface area contributed by atoms with Gasteiger partial charge in [-0.1, -0.05) is 53.2 Å². The van der Waals surface area contributed by atoms with Crippen LogP contribution in [0.2, 0.25) is 0 Å². The van der Waals surface area contributed by atoms with Crippen molar-refractivity contribution >= 4 is 50.2 Å². The number of carbonyl (C=O) groups is 1. The van der Waals surface area contributed by atoms with Crippen LogP contribution in [0.3, 0.4) is 0 Å². The van der Waals surface area contributed by atoms with Crippen molar-refractivity contribution in [2.75, 3.05) is 5.75 Å². The van der Waals surface area contributed by atoms with Gasteiger partial charge in [0.1, 0.15) is 11.5 Å². The maximum atomic E-state index is 13.2. The third kappa shape index (κ3) is 4.61. The summed E-state index contributed by atoms with van der Waals surface area (Å²) in [7, 11) is 0. The van der Waals surface area contributed by atoms with Crippen LogP contribution in [0.15, 0.2) is 73.6 Å². The van der Waals surface area contributed by atoms with Crippen LogP contribution in [0.25, 0.3) is 17.0 Å². The summed E-state index contributed by atoms with van der Waals surface area (Å²) >= 11 is 4.96. The standard InChI is InChI=1S/C24H20BrN5O4S/c1-2-3-11-35-24-27-23(31)21-17-13-15(25)7-8-18(17)26-22(29(21)28-24)20-10-9-19(34-20)14-5-4-6-16(12-14)30(32)33/h4-10,12-13,22H,2-3,11H2,1H3,(H,27,28,31). The van der Waals surface area contributed by atoms with E-state index in [0.29, 0.717) is 38.5 Å². The summed E-state index contributed by atoms with van der Waals surface area (Å²) in [4.78, 5) is 28.8. The predicted octanol–water partition coefficient (Wildman–Crippen LogP) is 4.29. The molecule has 0 saturated carbocycles. The molecule has 2 aliphatic rings. The molecule has 0 bridgehead atoms. The van der Waals surface area contributed by atoms with Gasteiger partial charge in [0.15, 0.2) is 10.9 Å². The minimum absolute atomic E-state index is 0.0241. The van der Waals surface area contributed by atoms with E-state index in [1.54, 1.807) is 29.3 Å². The number of amides is 1. The molecule has 3 heterocycles. The second-order valence-corrected chi connectivity index (χ2v) is 9.93. The number of rotatable bonds is 6. The fraction of sp³-hybridized carbons (Fsp3) is 0.208. The number of nitro groups is 1. The number of unbranched alkanes of at least 4 members (excludes halogenated alkanes) is 1. The number of nitrogens with one attached hydrogen (secondary N) is 1. The molecule has 3 aromatic rings. The van der Waals surface area contributed by atoms with Gasteiger partial charge in [0.25, 0.3) is 11.6 Å². The Morgan fingerprint density at radius 3 is 2.89 bits per heavy atom. The number of non-ortho nitro benzene ring substituents is 1. The first-order valence-corrected chi connectivity index (χ1v) is 12.8. The fourth-order valence-corrected chi connectivity index (χ4v) is 5.13. The molecule has 1 aromatic heterocycles. The molecule has 11 heteroatoms. The highest BCUT2D eigenvalue weighted by Gasteiger charge is 2.36. The third-order valence-corrected chi connectivity index (χ3v) is 6.97. The van der Waals surface area contributed by atoms with Gasteiger partial charge in [-0.3, -0.25) is 20.2 Å². The molecular weight excluding hydrogens is 534 g/mol. The molecule has 0 aliphatic carbocycles. The average Bonchev–Trinajstić information content (AvgIpc) is 3.34. The molecule has 1 unspecified atom stereocenters. The summed E-state index contributed by atoms with van der Waals surface area (Å²) in [6.07, 6.45) is 1.34. The number of amidine groups is 1. The van der Waals surface area contributed by atoms with Gasteiger partial charge in [0.05, 0.1) is 10.3 Å². The monoisotopic (exact) mass is 553 g/mol. The molecule has 178 valence electrons. The quantitative estimate of drug-likeness (QED) is 0.276. The first-order valence-electron chi connectivity index (χ1n) is 11.0. The van der Waals surface area contributed by atoms with Crippen LogP contribution in [-0.4, -0.2) is 26.8 Å². The topological polar surface area (TPSA) is 113 Å². The number of hydrazone groups is 1. The number of hydrogen-bond acceptors (Lipinski definition) is 8. The molecule has 1 N–H and O–H groups in total. The smallest absolute Gasteiger partial charge is 0.276 e. The second kappa shape index (κ2) is 9.67. The van der Waals surface area contributed by atoms with Crippen LogP contribution in [0.5, 0.6) is 0 Å². The molecule has 5 rings (SSSR count). The van der Waals surface area contributed by atoms with Crippen LogP contribution in [0, 0.1) is 10.1 Å². The Bertz CT molecular complexity index is 1490. The van der Waals surface area contributed by atoms with E-state index in [9.17, 15) is 14.9 Å². The van der Waals surface area contributed by atoms with Gasteiger partial charge >= 0.3 is 0 Å². The van der Waals surface area contributed by atoms with Crippen LogP contribution in [0.4, 0.5) is 5.69 Å². The molecule has 2 aromatic carbocycles. The first kappa shape index (κ1) is 23.3. The van der Waals surface area contributed by atoms with E-state index in [1.807, 2.05) is 18.2 Å². The Labute approximate surface area is 212 Å². The van der Waals surface area contributed by atoms with Crippen molar-refractivity contribution in [3.8, 4) is 11.3 Å². The summed E-state index contributed by atoms with van der Waals surface area (Å²) in [5, 5.41) is 22.2. The Morgan fingerprint density at radius 2 is 2.09 bits per heavy atom. The molecule has 0 fully saturated rings. The van der Waals surface area contributed by atoms with E-state index in [4.69, 9.17) is 14.5 Å². The molecule has 0 saturated heterocycles. The normalized spacial score (nSPS) is 16.7. The van der Waals surface area contributed by atoms with Gasteiger partial charge < -0.3 is 4.42 Å². The molecular formula is C24H20BrN5O4S. The molecule has 0 spiro atoms. The highest BCUT2D eigenvalue weighted by atomic mass is 79.9. The number of halogens is 1. The number of furan rings is 1. The largest absolute Gasteiger partial charge is 0.457 e. The van der Waals surface area contributed by atoms with Crippen molar-refractivity contribution in [1.29, 1.82) is 0 Å². The number of hydrogen-bond donors (Lipinski definition) is 1. The number of benzene rings is 2.